The molecule has 0 radical (unpaired) electrons. The number of nitrogens with one attached hydrogen (secondary N) is 1. The minimum atomic E-state index is 0.0357. The number of para-hydroxylation sites is 1. The summed E-state index contributed by atoms with van der Waals surface area (Å²) in [5.74, 6) is 0.0357. The second kappa shape index (κ2) is 9.02. The van der Waals surface area contributed by atoms with E-state index in [-0.39, 0.29) is 5.91 Å². The van der Waals surface area contributed by atoms with Crippen molar-refractivity contribution < 1.29 is 4.79 Å². The lowest BCUT2D eigenvalue weighted by atomic mass is 10.1. The van der Waals surface area contributed by atoms with Crippen LogP contribution in [0.1, 0.15) is 16.7 Å². The van der Waals surface area contributed by atoms with Crippen LogP contribution in [0, 0.1) is 13.8 Å². The van der Waals surface area contributed by atoms with Crippen molar-refractivity contribution in [3.63, 3.8) is 0 Å². The summed E-state index contributed by atoms with van der Waals surface area (Å²) < 4.78 is 0. The van der Waals surface area contributed by atoms with Crippen molar-refractivity contribution in [3.05, 3.63) is 57.3 Å². The minimum absolute atomic E-state index is 0.0357. The number of hydrogen-bond acceptors (Lipinski definition) is 4. The van der Waals surface area contributed by atoms with Crippen LogP contribution >= 0.6 is 23.2 Å². The van der Waals surface area contributed by atoms with Crippen LogP contribution < -0.4 is 5.32 Å². The second-order valence-electron chi connectivity index (χ2n) is 6.99. The first-order valence-corrected chi connectivity index (χ1v) is 9.79. The van der Waals surface area contributed by atoms with E-state index in [0.29, 0.717) is 16.9 Å². The zero-order chi connectivity index (χ0) is 19.4. The molecule has 1 N–H and O–H groups in total. The monoisotopic (exact) mass is 406 g/mol. The van der Waals surface area contributed by atoms with Crippen LogP contribution in [0.15, 0.2) is 30.3 Å². The van der Waals surface area contributed by atoms with Crippen molar-refractivity contribution in [3.8, 4) is 0 Å². The lowest BCUT2D eigenvalue weighted by Gasteiger charge is -2.34. The molecule has 0 unspecified atom stereocenters. The van der Waals surface area contributed by atoms with Crippen LogP contribution in [0.2, 0.25) is 10.3 Å². The summed E-state index contributed by atoms with van der Waals surface area (Å²) in [7, 11) is 0. The summed E-state index contributed by atoms with van der Waals surface area (Å²) in [6.07, 6.45) is 0. The Kier molecular flexibility index (Phi) is 6.71. The van der Waals surface area contributed by atoms with E-state index in [1.54, 1.807) is 0 Å². The van der Waals surface area contributed by atoms with Crippen molar-refractivity contribution in [1.29, 1.82) is 0 Å². The Morgan fingerprint density at radius 2 is 1.59 bits per heavy atom. The fourth-order valence-electron chi connectivity index (χ4n) is 3.36. The van der Waals surface area contributed by atoms with Crippen LogP contribution in [0.5, 0.6) is 0 Å². The number of aromatic nitrogens is 1. The van der Waals surface area contributed by atoms with Gasteiger partial charge in [-0.2, -0.15) is 0 Å². The van der Waals surface area contributed by atoms with E-state index in [1.165, 1.54) is 0 Å². The van der Waals surface area contributed by atoms with E-state index in [0.717, 1.165) is 55.1 Å². The number of anilines is 1. The van der Waals surface area contributed by atoms with Gasteiger partial charge in [-0.3, -0.25) is 14.6 Å². The van der Waals surface area contributed by atoms with Gasteiger partial charge < -0.3 is 5.32 Å². The summed E-state index contributed by atoms with van der Waals surface area (Å²) in [5.41, 5.74) is 4.15. The summed E-state index contributed by atoms with van der Waals surface area (Å²) in [6.45, 7) is 8.72. The number of aryl methyl sites for hydroxylation is 2. The van der Waals surface area contributed by atoms with Crippen LogP contribution in [0.25, 0.3) is 0 Å². The number of piperazine rings is 1. The molecule has 0 bridgehead atoms. The molecule has 5 nitrogen and oxygen atoms in total. The Bertz CT molecular complexity index is 779. The van der Waals surface area contributed by atoms with Crippen LogP contribution in [0.3, 0.4) is 0 Å². The van der Waals surface area contributed by atoms with E-state index in [1.807, 2.05) is 44.2 Å². The third-order valence-electron chi connectivity index (χ3n) is 4.81. The van der Waals surface area contributed by atoms with Crippen LogP contribution in [0.4, 0.5) is 5.69 Å². The molecule has 0 saturated carbocycles. The zero-order valence-electron chi connectivity index (χ0n) is 15.6. The molecule has 144 valence electrons. The molecule has 7 heteroatoms. The van der Waals surface area contributed by atoms with Gasteiger partial charge in [0.15, 0.2) is 0 Å². The van der Waals surface area contributed by atoms with Gasteiger partial charge in [0.2, 0.25) is 5.91 Å². The predicted molar refractivity (Wildman–Crippen MR) is 111 cm³/mol. The predicted octanol–water partition coefficient (Wildman–Crippen LogP) is 3.76. The highest BCUT2D eigenvalue weighted by atomic mass is 35.5. The van der Waals surface area contributed by atoms with Crippen molar-refractivity contribution in [2.24, 2.45) is 0 Å². The number of benzene rings is 1. The first kappa shape index (κ1) is 20.1. The van der Waals surface area contributed by atoms with Gasteiger partial charge in [0.05, 0.1) is 6.54 Å². The molecule has 1 amide bonds. The van der Waals surface area contributed by atoms with Crippen molar-refractivity contribution >= 4 is 34.8 Å². The van der Waals surface area contributed by atoms with Gasteiger partial charge in [-0.15, -0.1) is 0 Å². The highest BCUT2D eigenvalue weighted by Gasteiger charge is 2.20. The lowest BCUT2D eigenvalue weighted by molar-refractivity contribution is -0.117. The molecule has 1 aromatic heterocycles. The standard InChI is InChI=1S/C20H24Cl2N4O/c1-14-4-3-5-15(2)20(14)24-19(27)13-26-8-6-25(7-9-26)12-16-10-17(21)23-18(22)11-16/h3-5,10-11H,6-9,12-13H2,1-2H3,(H,24,27). The van der Waals surface area contributed by atoms with Gasteiger partial charge in [0, 0.05) is 38.4 Å². The summed E-state index contributed by atoms with van der Waals surface area (Å²) >= 11 is 11.9. The third kappa shape index (κ3) is 5.66. The van der Waals surface area contributed by atoms with Gasteiger partial charge in [0.1, 0.15) is 10.3 Å². The molecular formula is C20H24Cl2N4O. The first-order chi connectivity index (χ1) is 12.9. The molecule has 27 heavy (non-hydrogen) atoms. The zero-order valence-corrected chi connectivity index (χ0v) is 17.1. The molecular weight excluding hydrogens is 383 g/mol. The van der Waals surface area contributed by atoms with Gasteiger partial charge >= 0.3 is 0 Å². The Balaban J connectivity index is 1.48. The molecule has 3 rings (SSSR count). The number of halogens is 2. The number of rotatable bonds is 5. The summed E-state index contributed by atoms with van der Waals surface area (Å²) in [4.78, 5) is 20.9. The van der Waals surface area contributed by atoms with E-state index in [4.69, 9.17) is 23.2 Å². The second-order valence-corrected chi connectivity index (χ2v) is 7.76. The van der Waals surface area contributed by atoms with Crippen LogP contribution in [-0.4, -0.2) is 53.4 Å². The molecule has 0 atom stereocenters. The Morgan fingerprint density at radius 3 is 2.19 bits per heavy atom. The molecule has 2 heterocycles. The molecule has 0 spiro atoms. The fourth-order valence-corrected chi connectivity index (χ4v) is 3.87. The Hall–Kier alpha value is -1.66. The van der Waals surface area contributed by atoms with Gasteiger partial charge in [-0.25, -0.2) is 4.98 Å². The average molecular weight is 407 g/mol. The Morgan fingerprint density at radius 1 is 1.04 bits per heavy atom. The lowest BCUT2D eigenvalue weighted by Crippen LogP contribution is -2.48. The molecule has 1 aromatic carbocycles. The third-order valence-corrected chi connectivity index (χ3v) is 5.19. The maximum atomic E-state index is 12.4. The number of pyridine rings is 1. The molecule has 2 aromatic rings. The number of carbonyl (C=O) groups excluding carboxylic acids is 1. The Labute approximate surface area is 170 Å². The maximum Gasteiger partial charge on any atom is 0.238 e. The molecule has 1 aliphatic heterocycles. The van der Waals surface area contributed by atoms with Crippen LogP contribution in [-0.2, 0) is 11.3 Å². The number of carbonyl (C=O) groups is 1. The van der Waals surface area contributed by atoms with Crippen molar-refractivity contribution in [1.82, 2.24) is 14.8 Å². The molecule has 1 fully saturated rings. The number of hydrogen-bond donors (Lipinski definition) is 1. The highest BCUT2D eigenvalue weighted by Crippen LogP contribution is 2.20. The topological polar surface area (TPSA) is 48.5 Å². The average Bonchev–Trinajstić information content (AvgIpc) is 2.59. The number of amides is 1. The fraction of sp³-hybridized carbons (Fsp3) is 0.400. The van der Waals surface area contributed by atoms with Crippen molar-refractivity contribution in [2.75, 3.05) is 38.0 Å². The van der Waals surface area contributed by atoms with E-state index < -0.39 is 0 Å². The summed E-state index contributed by atoms with van der Waals surface area (Å²) in [6, 6.07) is 9.72. The number of nitrogens with zero attached hydrogens (tertiary/aromatic N) is 3. The first-order valence-electron chi connectivity index (χ1n) is 9.03. The summed E-state index contributed by atoms with van der Waals surface area (Å²) in [5, 5.41) is 3.89. The smallest absolute Gasteiger partial charge is 0.238 e. The van der Waals surface area contributed by atoms with Gasteiger partial charge in [0.25, 0.3) is 0 Å². The van der Waals surface area contributed by atoms with E-state index in [2.05, 4.69) is 20.1 Å². The molecule has 1 saturated heterocycles. The maximum absolute atomic E-state index is 12.4. The van der Waals surface area contributed by atoms with E-state index >= 15 is 0 Å². The quantitative estimate of drug-likeness (QED) is 0.767. The largest absolute Gasteiger partial charge is 0.324 e. The normalized spacial score (nSPS) is 15.7. The molecule has 0 aliphatic carbocycles. The highest BCUT2D eigenvalue weighted by molar-refractivity contribution is 6.32. The van der Waals surface area contributed by atoms with Crippen molar-refractivity contribution in [2.45, 2.75) is 20.4 Å². The van der Waals surface area contributed by atoms with E-state index in [9.17, 15) is 4.79 Å². The minimum Gasteiger partial charge on any atom is -0.324 e. The molecule has 1 aliphatic rings. The SMILES string of the molecule is Cc1cccc(C)c1NC(=O)CN1CCN(Cc2cc(Cl)nc(Cl)c2)CC1. The van der Waals surface area contributed by atoms with Gasteiger partial charge in [-0.05, 0) is 42.7 Å². The van der Waals surface area contributed by atoms with Gasteiger partial charge in [-0.1, -0.05) is 41.4 Å².